The van der Waals surface area contributed by atoms with Gasteiger partial charge in [0.05, 0.1) is 12.8 Å². The van der Waals surface area contributed by atoms with E-state index >= 15 is 0 Å². The molecule has 0 spiro atoms. The summed E-state index contributed by atoms with van der Waals surface area (Å²) in [6, 6.07) is 9.48. The highest BCUT2D eigenvalue weighted by molar-refractivity contribution is 5.93. The molecule has 0 radical (unpaired) electrons. The third-order valence-corrected chi connectivity index (χ3v) is 4.23. The van der Waals surface area contributed by atoms with Crippen LogP contribution in [0.5, 0.6) is 5.75 Å². The largest absolute Gasteiger partial charge is 0.495 e. The van der Waals surface area contributed by atoms with Crippen LogP contribution in [0, 0.1) is 6.92 Å². The van der Waals surface area contributed by atoms with E-state index in [1.807, 2.05) is 13.0 Å². The van der Waals surface area contributed by atoms with Crippen molar-refractivity contribution in [2.24, 2.45) is 0 Å². The van der Waals surface area contributed by atoms with Crippen LogP contribution in [0.15, 0.2) is 42.6 Å². The quantitative estimate of drug-likeness (QED) is 0.717. The number of carbonyl (C=O) groups is 1. The molecule has 0 atom stereocenters. The highest BCUT2D eigenvalue weighted by Crippen LogP contribution is 2.33. The summed E-state index contributed by atoms with van der Waals surface area (Å²) in [5.74, 6) is 0.0842. The average molecular weight is 377 g/mol. The van der Waals surface area contributed by atoms with Gasteiger partial charge in [0, 0.05) is 24.5 Å². The number of pyridine rings is 1. The number of alkyl halides is 3. The van der Waals surface area contributed by atoms with Crippen LogP contribution >= 0.6 is 0 Å². The van der Waals surface area contributed by atoms with Crippen molar-refractivity contribution in [1.29, 1.82) is 0 Å². The van der Waals surface area contributed by atoms with Crippen LogP contribution in [-0.4, -0.2) is 22.6 Å². The lowest BCUT2D eigenvalue weighted by Crippen LogP contribution is -2.19. The van der Waals surface area contributed by atoms with E-state index in [1.165, 1.54) is 13.3 Å². The number of methoxy groups -OCH3 is 1. The Bertz CT molecular complexity index is 980. The number of hydrogen-bond acceptors (Lipinski definition) is 3. The van der Waals surface area contributed by atoms with Crippen LogP contribution in [0.4, 0.5) is 18.9 Å². The van der Waals surface area contributed by atoms with Gasteiger partial charge in [0.25, 0.3) is 0 Å². The van der Waals surface area contributed by atoms with E-state index in [9.17, 15) is 18.0 Å². The van der Waals surface area contributed by atoms with Gasteiger partial charge in [-0.3, -0.25) is 4.79 Å². The van der Waals surface area contributed by atoms with E-state index in [0.717, 1.165) is 16.2 Å². The van der Waals surface area contributed by atoms with Crippen molar-refractivity contribution in [2.45, 2.75) is 26.1 Å². The first-order chi connectivity index (χ1) is 12.8. The molecule has 27 heavy (non-hydrogen) atoms. The molecule has 1 aromatic carbocycles. The topological polar surface area (TPSA) is 56.1 Å². The highest BCUT2D eigenvalue weighted by atomic mass is 19.4. The summed E-state index contributed by atoms with van der Waals surface area (Å²) in [7, 11) is 1.48. The normalized spacial score (nSPS) is 11.6. The van der Waals surface area contributed by atoms with E-state index in [1.54, 1.807) is 24.3 Å². The Morgan fingerprint density at radius 2 is 2.04 bits per heavy atom. The molecule has 0 aliphatic heterocycles. The second-order valence-corrected chi connectivity index (χ2v) is 6.05. The molecule has 0 unspecified atom stereocenters. The molecule has 1 amide bonds. The first-order valence-corrected chi connectivity index (χ1v) is 8.26. The van der Waals surface area contributed by atoms with Crippen molar-refractivity contribution in [2.75, 3.05) is 12.4 Å². The molecule has 2 heterocycles. The Morgan fingerprint density at radius 3 is 2.74 bits per heavy atom. The maximum atomic E-state index is 13.3. The minimum Gasteiger partial charge on any atom is -0.495 e. The monoisotopic (exact) mass is 377 g/mol. The van der Waals surface area contributed by atoms with E-state index in [-0.39, 0.29) is 18.6 Å². The molecule has 0 fully saturated rings. The van der Waals surface area contributed by atoms with Gasteiger partial charge in [0.1, 0.15) is 17.1 Å². The molecule has 0 aliphatic rings. The zero-order valence-electron chi connectivity index (χ0n) is 14.8. The number of rotatable bonds is 5. The zero-order chi connectivity index (χ0) is 19.6. The Labute approximate surface area is 153 Å². The fourth-order valence-electron chi connectivity index (χ4n) is 2.93. The molecule has 5 nitrogen and oxygen atoms in total. The van der Waals surface area contributed by atoms with Gasteiger partial charge in [-0.15, -0.1) is 0 Å². The predicted molar refractivity (Wildman–Crippen MR) is 95.7 cm³/mol. The summed E-state index contributed by atoms with van der Waals surface area (Å²) in [6.07, 6.45) is -3.24. The molecule has 142 valence electrons. The summed E-state index contributed by atoms with van der Waals surface area (Å²) in [5.41, 5.74) is 0.687. The van der Waals surface area contributed by atoms with Crippen LogP contribution in [0.2, 0.25) is 0 Å². The Morgan fingerprint density at radius 1 is 1.26 bits per heavy atom. The van der Waals surface area contributed by atoms with Crippen molar-refractivity contribution in [3.63, 3.8) is 0 Å². The third-order valence-electron chi connectivity index (χ3n) is 4.23. The van der Waals surface area contributed by atoms with Crippen molar-refractivity contribution in [3.05, 3.63) is 53.9 Å². The van der Waals surface area contributed by atoms with Gasteiger partial charge in [0.2, 0.25) is 5.91 Å². The number of halogens is 3. The van der Waals surface area contributed by atoms with Crippen molar-refractivity contribution in [1.82, 2.24) is 9.55 Å². The predicted octanol–water partition coefficient (Wildman–Crippen LogP) is 4.40. The number of para-hydroxylation sites is 1. The van der Waals surface area contributed by atoms with E-state index in [4.69, 9.17) is 4.74 Å². The van der Waals surface area contributed by atoms with Gasteiger partial charge in [-0.1, -0.05) is 12.1 Å². The molecule has 2 aromatic heterocycles. The standard InChI is InChI=1S/C19H18F3N3O2/c1-12-5-3-7-14(27-2)17(12)24-16(26)8-10-25-15(19(20,21)22)11-13-6-4-9-23-18(13)25/h3-7,9,11H,8,10H2,1-2H3,(H,24,26). The van der Waals surface area contributed by atoms with Gasteiger partial charge < -0.3 is 14.6 Å². The maximum absolute atomic E-state index is 13.3. The molecule has 3 rings (SSSR count). The lowest BCUT2D eigenvalue weighted by atomic mass is 10.2. The zero-order valence-corrected chi connectivity index (χ0v) is 14.8. The van der Waals surface area contributed by atoms with Crippen LogP contribution in [-0.2, 0) is 17.5 Å². The number of aromatic nitrogens is 2. The summed E-state index contributed by atoms with van der Waals surface area (Å²) < 4.78 is 46.3. The number of fused-ring (bicyclic) bond motifs is 1. The van der Waals surface area contributed by atoms with Crippen molar-refractivity contribution >= 4 is 22.6 Å². The number of ether oxygens (including phenoxy) is 1. The van der Waals surface area contributed by atoms with Gasteiger partial charge in [-0.25, -0.2) is 4.98 Å². The van der Waals surface area contributed by atoms with Gasteiger partial charge >= 0.3 is 6.18 Å². The van der Waals surface area contributed by atoms with Crippen LogP contribution in [0.25, 0.3) is 11.0 Å². The smallest absolute Gasteiger partial charge is 0.431 e. The molecule has 1 N–H and O–H groups in total. The molecular formula is C19H18F3N3O2. The SMILES string of the molecule is COc1cccc(C)c1NC(=O)CCn1c(C(F)(F)F)cc2cccnc21. The van der Waals surface area contributed by atoms with E-state index in [0.29, 0.717) is 16.8 Å². The Kier molecular flexibility index (Phi) is 5.07. The van der Waals surface area contributed by atoms with Crippen molar-refractivity contribution < 1.29 is 22.7 Å². The lowest BCUT2D eigenvalue weighted by Gasteiger charge is -2.14. The van der Waals surface area contributed by atoms with Gasteiger partial charge in [-0.2, -0.15) is 13.2 Å². The highest BCUT2D eigenvalue weighted by Gasteiger charge is 2.35. The van der Waals surface area contributed by atoms with Gasteiger partial charge in [0.15, 0.2) is 0 Å². The molecule has 0 bridgehead atoms. The first kappa shape index (κ1) is 18.8. The van der Waals surface area contributed by atoms with Crippen LogP contribution in [0.3, 0.4) is 0 Å². The minimum absolute atomic E-state index is 0.138. The van der Waals surface area contributed by atoms with E-state index in [2.05, 4.69) is 10.3 Å². The van der Waals surface area contributed by atoms with Crippen LogP contribution < -0.4 is 10.1 Å². The lowest BCUT2D eigenvalue weighted by molar-refractivity contribution is -0.143. The fourth-order valence-corrected chi connectivity index (χ4v) is 2.93. The van der Waals surface area contributed by atoms with Crippen molar-refractivity contribution in [3.8, 4) is 5.75 Å². The summed E-state index contributed by atoms with van der Waals surface area (Å²) in [4.78, 5) is 16.4. The van der Waals surface area contributed by atoms with Gasteiger partial charge in [-0.05, 0) is 36.8 Å². The van der Waals surface area contributed by atoms with E-state index < -0.39 is 17.8 Å². The number of hydrogen-bond donors (Lipinski definition) is 1. The maximum Gasteiger partial charge on any atom is 0.431 e. The number of aryl methyl sites for hydroxylation is 2. The summed E-state index contributed by atoms with van der Waals surface area (Å²) >= 11 is 0. The number of carbonyl (C=O) groups excluding carboxylic acids is 1. The molecular weight excluding hydrogens is 359 g/mol. The fraction of sp³-hybridized carbons (Fsp3) is 0.263. The Balaban J connectivity index is 1.82. The number of benzene rings is 1. The third kappa shape index (κ3) is 3.89. The molecule has 0 saturated heterocycles. The summed E-state index contributed by atoms with van der Waals surface area (Å²) in [6.45, 7) is 1.67. The number of nitrogens with zero attached hydrogens (tertiary/aromatic N) is 2. The molecule has 3 aromatic rings. The second kappa shape index (κ2) is 7.30. The molecule has 0 aliphatic carbocycles. The second-order valence-electron chi connectivity index (χ2n) is 6.05. The molecule has 0 saturated carbocycles. The number of nitrogens with one attached hydrogen (secondary N) is 1. The average Bonchev–Trinajstić information content (AvgIpc) is 3.01. The molecule has 8 heteroatoms. The Hall–Kier alpha value is -3.03. The summed E-state index contributed by atoms with van der Waals surface area (Å²) in [5, 5.41) is 3.10. The first-order valence-electron chi connectivity index (χ1n) is 8.26. The number of amides is 1. The minimum atomic E-state index is -4.53. The number of anilines is 1. The van der Waals surface area contributed by atoms with Crippen LogP contribution in [0.1, 0.15) is 17.7 Å².